The summed E-state index contributed by atoms with van der Waals surface area (Å²) in [4.78, 5) is 7.26. The van der Waals surface area contributed by atoms with Gasteiger partial charge in [-0.25, -0.2) is 4.98 Å². The number of rotatable bonds is 3. The summed E-state index contributed by atoms with van der Waals surface area (Å²) >= 11 is 0. The molecule has 0 saturated heterocycles. The van der Waals surface area contributed by atoms with Crippen molar-refractivity contribution in [2.45, 2.75) is 20.0 Å². The number of aromatic nitrogens is 4. The van der Waals surface area contributed by atoms with Gasteiger partial charge >= 0.3 is 0 Å². The van der Waals surface area contributed by atoms with E-state index in [1.54, 1.807) is 10.9 Å². The summed E-state index contributed by atoms with van der Waals surface area (Å²) in [5, 5.41) is 13.3. The fourth-order valence-corrected chi connectivity index (χ4v) is 1.57. The number of aryl methyl sites for hydroxylation is 2. The lowest BCUT2D eigenvalue weighted by Crippen LogP contribution is -1.89. The molecule has 0 aromatic carbocycles. The van der Waals surface area contributed by atoms with Crippen molar-refractivity contribution in [2.75, 3.05) is 0 Å². The van der Waals surface area contributed by atoms with E-state index >= 15 is 0 Å². The Hall–Kier alpha value is -1.62. The number of nitrogens with one attached hydrogen (secondary N) is 1. The first kappa shape index (κ1) is 9.92. The summed E-state index contributed by atoms with van der Waals surface area (Å²) in [6.45, 7) is 2.04. The van der Waals surface area contributed by atoms with Gasteiger partial charge < -0.3 is 10.1 Å². The van der Waals surface area contributed by atoms with Crippen molar-refractivity contribution in [3.8, 4) is 11.4 Å². The number of imidazole rings is 1. The molecule has 2 aromatic heterocycles. The first-order chi connectivity index (χ1) is 7.24. The van der Waals surface area contributed by atoms with Gasteiger partial charge in [0.2, 0.25) is 0 Å². The Morgan fingerprint density at radius 2 is 2.33 bits per heavy atom. The molecule has 5 nitrogen and oxygen atoms in total. The van der Waals surface area contributed by atoms with Crippen LogP contribution in [0.5, 0.6) is 0 Å². The van der Waals surface area contributed by atoms with Crippen LogP contribution in [0.25, 0.3) is 11.4 Å². The van der Waals surface area contributed by atoms with Crippen LogP contribution in [0, 0.1) is 0 Å². The molecule has 2 aromatic rings. The number of hydrogen-bond donors (Lipinski definition) is 2. The maximum Gasteiger partial charge on any atom is 0.141 e. The predicted molar refractivity (Wildman–Crippen MR) is 56.1 cm³/mol. The van der Waals surface area contributed by atoms with Gasteiger partial charge in [0.25, 0.3) is 0 Å². The molecule has 0 atom stereocenters. The third-order valence-electron chi connectivity index (χ3n) is 2.29. The fourth-order valence-electron chi connectivity index (χ4n) is 1.57. The minimum absolute atomic E-state index is 0.0191. The Bertz CT molecular complexity index is 458. The lowest BCUT2D eigenvalue weighted by atomic mass is 10.2. The third-order valence-corrected chi connectivity index (χ3v) is 2.29. The normalized spacial score (nSPS) is 10.9. The molecule has 15 heavy (non-hydrogen) atoms. The Balaban J connectivity index is 2.43. The average molecular weight is 206 g/mol. The van der Waals surface area contributed by atoms with E-state index in [-0.39, 0.29) is 6.61 Å². The van der Waals surface area contributed by atoms with Gasteiger partial charge in [0, 0.05) is 13.2 Å². The molecule has 0 saturated carbocycles. The molecule has 80 valence electrons. The van der Waals surface area contributed by atoms with E-state index in [0.717, 1.165) is 29.2 Å². The van der Waals surface area contributed by atoms with Crippen LogP contribution in [0.2, 0.25) is 0 Å². The molecule has 0 radical (unpaired) electrons. The summed E-state index contributed by atoms with van der Waals surface area (Å²) in [5.41, 5.74) is 2.73. The second kappa shape index (κ2) is 3.86. The van der Waals surface area contributed by atoms with Gasteiger partial charge in [-0.15, -0.1) is 0 Å². The Kier molecular flexibility index (Phi) is 2.55. The fraction of sp³-hybridized carbons (Fsp3) is 0.400. The minimum atomic E-state index is -0.0191. The number of aromatic amines is 1. The summed E-state index contributed by atoms with van der Waals surface area (Å²) in [5.74, 6) is 0.768. The Labute approximate surface area is 87.8 Å². The van der Waals surface area contributed by atoms with E-state index in [1.807, 2.05) is 13.2 Å². The summed E-state index contributed by atoms with van der Waals surface area (Å²) in [6, 6.07) is 0. The van der Waals surface area contributed by atoms with E-state index in [0.29, 0.717) is 0 Å². The number of H-pyrrole nitrogens is 1. The van der Waals surface area contributed by atoms with Gasteiger partial charge in [-0.2, -0.15) is 5.10 Å². The van der Waals surface area contributed by atoms with Crippen LogP contribution in [0.4, 0.5) is 0 Å². The van der Waals surface area contributed by atoms with Crippen molar-refractivity contribution in [2.24, 2.45) is 7.05 Å². The predicted octanol–water partition coefficient (Wildman–Crippen LogP) is 0.865. The number of aliphatic hydroxyl groups is 1. The average Bonchev–Trinajstić information content (AvgIpc) is 2.82. The topological polar surface area (TPSA) is 66.7 Å². The molecule has 2 rings (SSSR count). The van der Waals surface area contributed by atoms with Crippen LogP contribution < -0.4 is 0 Å². The van der Waals surface area contributed by atoms with Gasteiger partial charge in [-0.3, -0.25) is 4.68 Å². The molecule has 0 aliphatic heterocycles. The number of hydrogen-bond acceptors (Lipinski definition) is 3. The van der Waals surface area contributed by atoms with E-state index in [9.17, 15) is 0 Å². The second-order valence-corrected chi connectivity index (χ2v) is 3.43. The zero-order chi connectivity index (χ0) is 10.8. The molecule has 5 heteroatoms. The van der Waals surface area contributed by atoms with Crippen LogP contribution in [-0.4, -0.2) is 24.9 Å². The molecule has 0 aliphatic carbocycles. The largest absolute Gasteiger partial charge is 0.390 e. The van der Waals surface area contributed by atoms with Gasteiger partial charge in [0.1, 0.15) is 5.82 Å². The van der Waals surface area contributed by atoms with Crippen molar-refractivity contribution in [3.63, 3.8) is 0 Å². The molecule has 0 bridgehead atoms. The van der Waals surface area contributed by atoms with Crippen molar-refractivity contribution in [1.82, 2.24) is 19.7 Å². The molecule has 0 fully saturated rings. The second-order valence-electron chi connectivity index (χ2n) is 3.43. The highest BCUT2D eigenvalue weighted by Crippen LogP contribution is 2.19. The summed E-state index contributed by atoms with van der Waals surface area (Å²) in [6.07, 6.45) is 4.44. The minimum Gasteiger partial charge on any atom is -0.390 e. The summed E-state index contributed by atoms with van der Waals surface area (Å²) in [7, 11) is 1.89. The van der Waals surface area contributed by atoms with Crippen molar-refractivity contribution < 1.29 is 5.11 Å². The van der Waals surface area contributed by atoms with Crippen LogP contribution >= 0.6 is 0 Å². The van der Waals surface area contributed by atoms with Crippen molar-refractivity contribution in [3.05, 3.63) is 23.8 Å². The standard InChI is InChI=1S/C10H14N4O/c1-3-9-8(5-14(2)13-9)10-11-4-7(6-15)12-10/h4-5,15H,3,6H2,1-2H3,(H,11,12). The number of aliphatic hydroxyl groups excluding tert-OH is 1. The zero-order valence-corrected chi connectivity index (χ0v) is 8.86. The highest BCUT2D eigenvalue weighted by molar-refractivity contribution is 5.57. The maximum absolute atomic E-state index is 8.94. The molecular formula is C10H14N4O. The Morgan fingerprint density at radius 3 is 2.93 bits per heavy atom. The van der Waals surface area contributed by atoms with E-state index in [2.05, 4.69) is 22.0 Å². The van der Waals surface area contributed by atoms with E-state index in [1.165, 1.54) is 0 Å². The zero-order valence-electron chi connectivity index (χ0n) is 8.86. The highest BCUT2D eigenvalue weighted by Gasteiger charge is 2.11. The molecule has 0 amide bonds. The first-order valence-electron chi connectivity index (χ1n) is 4.92. The number of nitrogens with zero attached hydrogens (tertiary/aromatic N) is 3. The van der Waals surface area contributed by atoms with E-state index < -0.39 is 0 Å². The molecule has 0 spiro atoms. The van der Waals surface area contributed by atoms with Crippen molar-refractivity contribution >= 4 is 0 Å². The molecule has 0 unspecified atom stereocenters. The van der Waals surface area contributed by atoms with E-state index in [4.69, 9.17) is 5.11 Å². The third kappa shape index (κ3) is 1.78. The van der Waals surface area contributed by atoms with Crippen LogP contribution in [0.3, 0.4) is 0 Å². The van der Waals surface area contributed by atoms with Gasteiger partial charge in [0.15, 0.2) is 0 Å². The Morgan fingerprint density at radius 1 is 1.53 bits per heavy atom. The molecule has 2 N–H and O–H groups in total. The van der Waals surface area contributed by atoms with Crippen LogP contribution in [0.1, 0.15) is 18.3 Å². The quantitative estimate of drug-likeness (QED) is 0.782. The van der Waals surface area contributed by atoms with Crippen LogP contribution in [0.15, 0.2) is 12.4 Å². The SMILES string of the molecule is CCc1nn(C)cc1-c1ncc(CO)[nH]1. The maximum atomic E-state index is 8.94. The first-order valence-corrected chi connectivity index (χ1v) is 4.92. The lowest BCUT2D eigenvalue weighted by Gasteiger charge is -1.94. The molecular weight excluding hydrogens is 192 g/mol. The van der Waals surface area contributed by atoms with Gasteiger partial charge in [-0.05, 0) is 6.42 Å². The lowest BCUT2D eigenvalue weighted by molar-refractivity contribution is 0.277. The monoisotopic (exact) mass is 206 g/mol. The smallest absolute Gasteiger partial charge is 0.141 e. The summed E-state index contributed by atoms with van der Waals surface area (Å²) < 4.78 is 1.77. The van der Waals surface area contributed by atoms with Gasteiger partial charge in [0.05, 0.1) is 29.8 Å². The van der Waals surface area contributed by atoms with Gasteiger partial charge in [-0.1, -0.05) is 6.92 Å². The van der Waals surface area contributed by atoms with Crippen molar-refractivity contribution in [1.29, 1.82) is 0 Å². The molecule has 0 aliphatic rings. The molecule has 2 heterocycles. The van der Waals surface area contributed by atoms with Crippen LogP contribution in [-0.2, 0) is 20.1 Å². The highest BCUT2D eigenvalue weighted by atomic mass is 16.3.